The molecule has 0 saturated heterocycles. The molecule has 2 N–H and O–H groups in total. The summed E-state index contributed by atoms with van der Waals surface area (Å²) in [5.41, 5.74) is 0.533. The predicted molar refractivity (Wildman–Crippen MR) is 87.7 cm³/mol. The molecule has 2 amide bonds. The van der Waals surface area contributed by atoms with Gasteiger partial charge < -0.3 is 20.1 Å². The molecule has 0 radical (unpaired) electrons. The first-order valence-electron chi connectivity index (χ1n) is 7.85. The van der Waals surface area contributed by atoms with Crippen LogP contribution in [0.25, 0.3) is 0 Å². The zero-order valence-corrected chi connectivity index (χ0v) is 13.8. The van der Waals surface area contributed by atoms with Gasteiger partial charge in [0, 0.05) is 13.0 Å². The van der Waals surface area contributed by atoms with Crippen molar-refractivity contribution < 1.29 is 19.1 Å². The van der Waals surface area contributed by atoms with Crippen LogP contribution in [0.3, 0.4) is 0 Å². The van der Waals surface area contributed by atoms with Crippen molar-refractivity contribution in [2.75, 3.05) is 19.5 Å². The summed E-state index contributed by atoms with van der Waals surface area (Å²) in [5.74, 6) is 0.925. The number of carbonyl (C=O) groups is 2. The van der Waals surface area contributed by atoms with Gasteiger partial charge in [-0.15, -0.1) is 0 Å². The maximum Gasteiger partial charge on any atom is 0.247 e. The number of benzene rings is 1. The molecule has 0 heterocycles. The summed E-state index contributed by atoms with van der Waals surface area (Å²) in [6, 6.07) is 4.68. The molecule has 6 nitrogen and oxygen atoms in total. The molecule has 6 heteroatoms. The first-order valence-corrected chi connectivity index (χ1v) is 7.85. The van der Waals surface area contributed by atoms with Gasteiger partial charge in [0.05, 0.1) is 19.9 Å². The minimum absolute atomic E-state index is 0.176. The highest BCUT2D eigenvalue weighted by molar-refractivity contribution is 5.98. The van der Waals surface area contributed by atoms with Crippen LogP contribution in [0.5, 0.6) is 11.5 Å². The lowest BCUT2D eigenvalue weighted by Crippen LogP contribution is -2.47. The molecular weight excluding hydrogens is 296 g/mol. The number of amides is 2. The molecule has 1 aliphatic rings. The highest BCUT2D eigenvalue weighted by Crippen LogP contribution is 2.31. The second-order valence-electron chi connectivity index (χ2n) is 5.78. The molecule has 1 aromatic carbocycles. The molecule has 23 heavy (non-hydrogen) atoms. The first kappa shape index (κ1) is 17.1. The zero-order valence-electron chi connectivity index (χ0n) is 13.8. The summed E-state index contributed by atoms with van der Waals surface area (Å²) < 4.78 is 10.5. The molecule has 1 unspecified atom stereocenters. The summed E-state index contributed by atoms with van der Waals surface area (Å²) in [5, 5.41) is 5.64. The molecular formula is C17H24N2O4. The summed E-state index contributed by atoms with van der Waals surface area (Å²) >= 11 is 0. The van der Waals surface area contributed by atoms with Crippen LogP contribution in [0.4, 0.5) is 5.69 Å². The van der Waals surface area contributed by atoms with Gasteiger partial charge in [0.2, 0.25) is 11.8 Å². The lowest BCUT2D eigenvalue weighted by atomic mass is 9.97. The van der Waals surface area contributed by atoms with E-state index in [0.717, 1.165) is 25.7 Å². The van der Waals surface area contributed by atoms with Crippen molar-refractivity contribution in [3.8, 4) is 11.5 Å². The number of rotatable bonds is 6. The van der Waals surface area contributed by atoms with Crippen LogP contribution in [-0.2, 0) is 9.59 Å². The summed E-state index contributed by atoms with van der Waals surface area (Å²) in [6.07, 6.45) is 4.09. The van der Waals surface area contributed by atoms with Crippen LogP contribution < -0.4 is 20.1 Å². The highest BCUT2D eigenvalue weighted by Gasteiger charge is 2.31. The Balaban J connectivity index is 2.18. The normalized spacial score (nSPS) is 15.8. The van der Waals surface area contributed by atoms with Gasteiger partial charge in [0.1, 0.15) is 17.5 Å². The maximum absolute atomic E-state index is 12.7. The van der Waals surface area contributed by atoms with Crippen molar-refractivity contribution in [3.05, 3.63) is 18.2 Å². The Morgan fingerprint density at radius 2 is 1.87 bits per heavy atom. The van der Waals surface area contributed by atoms with Gasteiger partial charge in [-0.25, -0.2) is 0 Å². The number of ether oxygens (including phenoxy) is 2. The van der Waals surface area contributed by atoms with Crippen LogP contribution in [0.15, 0.2) is 18.2 Å². The number of anilines is 1. The molecule has 1 aliphatic carbocycles. The molecule has 1 fully saturated rings. The molecule has 1 aromatic rings. The third-order valence-electron chi connectivity index (χ3n) is 4.18. The Hall–Kier alpha value is -2.24. The largest absolute Gasteiger partial charge is 0.497 e. The number of methoxy groups -OCH3 is 2. The fraction of sp³-hybridized carbons (Fsp3) is 0.529. The third kappa shape index (κ3) is 4.37. The fourth-order valence-electron chi connectivity index (χ4n) is 3.03. The van der Waals surface area contributed by atoms with Crippen molar-refractivity contribution in [2.24, 2.45) is 5.92 Å². The lowest BCUT2D eigenvalue weighted by Gasteiger charge is -2.24. The van der Waals surface area contributed by atoms with Gasteiger partial charge in [0.25, 0.3) is 0 Å². The smallest absolute Gasteiger partial charge is 0.247 e. The van der Waals surface area contributed by atoms with Gasteiger partial charge >= 0.3 is 0 Å². The average molecular weight is 320 g/mol. The van der Waals surface area contributed by atoms with E-state index in [9.17, 15) is 9.59 Å². The van der Waals surface area contributed by atoms with Crippen molar-refractivity contribution >= 4 is 17.5 Å². The minimum Gasteiger partial charge on any atom is -0.497 e. The monoisotopic (exact) mass is 320 g/mol. The minimum atomic E-state index is -0.522. The lowest BCUT2D eigenvalue weighted by molar-refractivity contribution is -0.126. The predicted octanol–water partition coefficient (Wildman–Crippen LogP) is 2.34. The van der Waals surface area contributed by atoms with E-state index in [1.807, 2.05) is 0 Å². The van der Waals surface area contributed by atoms with Crippen molar-refractivity contribution in [1.29, 1.82) is 0 Å². The van der Waals surface area contributed by atoms with Gasteiger partial charge in [-0.05, 0) is 30.9 Å². The molecule has 126 valence electrons. The molecule has 0 bridgehead atoms. The van der Waals surface area contributed by atoms with Crippen molar-refractivity contribution in [3.63, 3.8) is 0 Å². The van der Waals surface area contributed by atoms with E-state index in [1.165, 1.54) is 6.92 Å². The van der Waals surface area contributed by atoms with E-state index < -0.39 is 6.04 Å². The van der Waals surface area contributed by atoms with E-state index >= 15 is 0 Å². The van der Waals surface area contributed by atoms with Crippen LogP contribution in [0.2, 0.25) is 0 Å². The molecule has 0 aliphatic heterocycles. The SMILES string of the molecule is COc1ccc(OC)c(NC(=O)C(NC(C)=O)C2CCCC2)c1. The molecule has 1 atom stereocenters. The number of nitrogens with one attached hydrogen (secondary N) is 2. The summed E-state index contributed by atoms with van der Waals surface area (Å²) in [6.45, 7) is 1.43. The Bertz CT molecular complexity index is 568. The van der Waals surface area contributed by atoms with Gasteiger partial charge in [-0.3, -0.25) is 9.59 Å². The van der Waals surface area contributed by atoms with E-state index in [-0.39, 0.29) is 17.7 Å². The molecule has 0 spiro atoms. The average Bonchev–Trinajstić information content (AvgIpc) is 3.06. The quantitative estimate of drug-likeness (QED) is 0.843. The van der Waals surface area contributed by atoms with Crippen molar-refractivity contribution in [2.45, 2.75) is 38.6 Å². The fourth-order valence-corrected chi connectivity index (χ4v) is 3.03. The number of hydrogen-bond donors (Lipinski definition) is 2. The van der Waals surface area contributed by atoms with Crippen LogP contribution >= 0.6 is 0 Å². The van der Waals surface area contributed by atoms with Crippen LogP contribution in [-0.4, -0.2) is 32.1 Å². The van der Waals surface area contributed by atoms with Crippen LogP contribution in [0.1, 0.15) is 32.6 Å². The number of hydrogen-bond acceptors (Lipinski definition) is 4. The zero-order chi connectivity index (χ0) is 16.8. The molecule has 1 saturated carbocycles. The van der Waals surface area contributed by atoms with E-state index in [2.05, 4.69) is 10.6 Å². The Labute approximate surface area is 136 Å². The van der Waals surface area contributed by atoms with E-state index in [0.29, 0.717) is 17.2 Å². The highest BCUT2D eigenvalue weighted by atomic mass is 16.5. The standard InChI is InChI=1S/C17H24N2O4/c1-11(20)18-16(12-6-4-5-7-12)17(21)19-14-10-13(22-2)8-9-15(14)23-3/h8-10,12,16H,4-7H2,1-3H3,(H,18,20)(H,19,21). The number of carbonyl (C=O) groups excluding carboxylic acids is 2. The topological polar surface area (TPSA) is 76.7 Å². The molecule has 0 aromatic heterocycles. The summed E-state index contributed by atoms with van der Waals surface area (Å²) in [4.78, 5) is 24.1. The summed E-state index contributed by atoms with van der Waals surface area (Å²) in [7, 11) is 3.10. The second-order valence-corrected chi connectivity index (χ2v) is 5.78. The second kappa shape index (κ2) is 7.85. The Morgan fingerprint density at radius 1 is 1.17 bits per heavy atom. The maximum atomic E-state index is 12.7. The van der Waals surface area contributed by atoms with Gasteiger partial charge in [0.15, 0.2) is 0 Å². The van der Waals surface area contributed by atoms with E-state index in [4.69, 9.17) is 9.47 Å². The van der Waals surface area contributed by atoms with Gasteiger partial charge in [-0.2, -0.15) is 0 Å². The van der Waals surface area contributed by atoms with Crippen LogP contribution in [0, 0.1) is 5.92 Å². The van der Waals surface area contributed by atoms with E-state index in [1.54, 1.807) is 32.4 Å². The Morgan fingerprint density at radius 3 is 2.43 bits per heavy atom. The first-order chi connectivity index (χ1) is 11.0. The Kier molecular flexibility index (Phi) is 5.84. The van der Waals surface area contributed by atoms with Crippen molar-refractivity contribution in [1.82, 2.24) is 5.32 Å². The van der Waals surface area contributed by atoms with Gasteiger partial charge in [-0.1, -0.05) is 12.8 Å². The third-order valence-corrected chi connectivity index (χ3v) is 4.18. The molecule has 2 rings (SSSR count).